The number of phenolic OH excluding ortho intramolecular Hbond substituents is 1. The molecule has 0 aromatic heterocycles. The molecule has 3 aromatic rings. The van der Waals surface area contributed by atoms with Gasteiger partial charge in [0.2, 0.25) is 5.88 Å². The first-order valence-corrected chi connectivity index (χ1v) is 11.7. The summed E-state index contributed by atoms with van der Waals surface area (Å²) in [6, 6.07) is 20.5. The zero-order valence-corrected chi connectivity index (χ0v) is 18.5. The van der Waals surface area contributed by atoms with Crippen molar-refractivity contribution in [3.63, 3.8) is 0 Å². The van der Waals surface area contributed by atoms with Crippen LogP contribution in [0.3, 0.4) is 0 Å². The Bertz CT molecular complexity index is 1520. The lowest BCUT2D eigenvalue weighted by molar-refractivity contribution is 0.357. The second-order valence-corrected chi connectivity index (χ2v) is 9.66. The number of benzene rings is 3. The average molecular weight is 476 g/mol. The highest BCUT2D eigenvalue weighted by atomic mass is 32.2. The predicted octanol–water partition coefficient (Wildman–Crippen LogP) is 4.06. The van der Waals surface area contributed by atoms with Crippen LogP contribution in [0.2, 0.25) is 0 Å². The van der Waals surface area contributed by atoms with Gasteiger partial charge in [-0.05, 0) is 35.9 Å². The van der Waals surface area contributed by atoms with Crippen molar-refractivity contribution in [2.45, 2.75) is 12.5 Å². The molecular weight excluding hydrogens is 457 g/mol. The maximum atomic E-state index is 14.5. The number of hydrogen-bond acceptors (Lipinski definition) is 6. The van der Waals surface area contributed by atoms with E-state index in [9.17, 15) is 23.2 Å². The summed E-state index contributed by atoms with van der Waals surface area (Å²) in [6.45, 7) is -0.258. The van der Waals surface area contributed by atoms with Gasteiger partial charge in [0.25, 0.3) is 10.0 Å². The number of nitrogens with zero attached hydrogens (tertiary/aromatic N) is 2. The van der Waals surface area contributed by atoms with E-state index in [1.165, 1.54) is 42.5 Å². The SMILES string of the molecule is N#CC1=C(N)OC2=C([C@H]1c1ccc(O)cc1)S(=O)(=O)N(Cc1ccccc1F)c1ccccc12. The van der Waals surface area contributed by atoms with Crippen LogP contribution < -0.4 is 10.0 Å². The molecular formula is C25H18FN3O4S. The molecule has 0 aliphatic carbocycles. The van der Waals surface area contributed by atoms with Crippen molar-refractivity contribution in [2.24, 2.45) is 5.73 Å². The fourth-order valence-electron chi connectivity index (χ4n) is 4.26. The number of ether oxygens (including phenoxy) is 1. The lowest BCUT2D eigenvalue weighted by Gasteiger charge is -2.38. The zero-order valence-electron chi connectivity index (χ0n) is 17.6. The minimum absolute atomic E-state index is 0.0153. The zero-order chi connectivity index (χ0) is 24.0. The average Bonchev–Trinajstić information content (AvgIpc) is 2.82. The number of anilines is 1. The van der Waals surface area contributed by atoms with Crippen LogP contribution >= 0.6 is 0 Å². The number of para-hydroxylation sites is 1. The topological polar surface area (TPSA) is 117 Å². The lowest BCUT2D eigenvalue weighted by Crippen LogP contribution is -2.39. The first kappa shape index (κ1) is 21.6. The van der Waals surface area contributed by atoms with Crippen molar-refractivity contribution in [3.8, 4) is 11.8 Å². The van der Waals surface area contributed by atoms with Crippen LogP contribution in [0.25, 0.3) is 5.76 Å². The first-order chi connectivity index (χ1) is 16.3. The van der Waals surface area contributed by atoms with Gasteiger partial charge in [-0.2, -0.15) is 5.26 Å². The number of aromatic hydroxyl groups is 1. The van der Waals surface area contributed by atoms with E-state index in [1.54, 1.807) is 30.3 Å². The van der Waals surface area contributed by atoms with Gasteiger partial charge in [-0.15, -0.1) is 0 Å². The number of allylic oxidation sites excluding steroid dienone is 2. The van der Waals surface area contributed by atoms with Gasteiger partial charge in [0, 0.05) is 11.1 Å². The van der Waals surface area contributed by atoms with E-state index in [1.807, 2.05) is 6.07 Å². The van der Waals surface area contributed by atoms with Crippen LogP contribution in [-0.2, 0) is 21.3 Å². The summed E-state index contributed by atoms with van der Waals surface area (Å²) in [4.78, 5) is -0.168. The molecule has 2 heterocycles. The maximum absolute atomic E-state index is 14.5. The minimum atomic E-state index is -4.31. The summed E-state index contributed by atoms with van der Waals surface area (Å²) in [5, 5.41) is 19.6. The third kappa shape index (κ3) is 3.27. The molecule has 170 valence electrons. The number of nitriles is 1. The van der Waals surface area contributed by atoms with Crippen molar-refractivity contribution in [1.82, 2.24) is 0 Å². The van der Waals surface area contributed by atoms with Gasteiger partial charge < -0.3 is 15.6 Å². The molecule has 9 heteroatoms. The van der Waals surface area contributed by atoms with Gasteiger partial charge in [0.1, 0.15) is 28.1 Å². The van der Waals surface area contributed by atoms with Crippen molar-refractivity contribution >= 4 is 21.5 Å². The Labute approximate surface area is 195 Å². The fraction of sp³-hybridized carbons (Fsp3) is 0.0800. The number of rotatable bonds is 3. The van der Waals surface area contributed by atoms with Crippen LogP contribution in [0.5, 0.6) is 5.75 Å². The number of halogens is 1. The highest BCUT2D eigenvalue weighted by molar-refractivity contribution is 7.96. The van der Waals surface area contributed by atoms with Gasteiger partial charge in [-0.25, -0.2) is 12.8 Å². The third-order valence-electron chi connectivity index (χ3n) is 5.86. The molecule has 0 radical (unpaired) electrons. The normalized spacial score (nSPS) is 18.6. The maximum Gasteiger partial charge on any atom is 0.265 e. The Morgan fingerprint density at radius 1 is 1.06 bits per heavy atom. The van der Waals surface area contributed by atoms with E-state index in [0.717, 1.165) is 4.31 Å². The van der Waals surface area contributed by atoms with Crippen molar-refractivity contribution < 1.29 is 22.7 Å². The van der Waals surface area contributed by atoms with Gasteiger partial charge >= 0.3 is 0 Å². The van der Waals surface area contributed by atoms with Gasteiger partial charge in [0.05, 0.1) is 18.2 Å². The minimum Gasteiger partial charge on any atom is -0.508 e. The Hall–Kier alpha value is -4.29. The summed E-state index contributed by atoms with van der Waals surface area (Å²) in [7, 11) is -4.31. The first-order valence-electron chi connectivity index (χ1n) is 10.3. The molecule has 7 nitrogen and oxygen atoms in total. The molecule has 0 saturated heterocycles. The standard InChI is InChI=1S/C25H18FN3O4S/c26-20-7-3-1-5-16(20)14-29-21-8-4-2-6-18(21)23-24(34(29,31)32)22(19(13-27)25(28)33-23)15-9-11-17(30)12-10-15/h1-12,22,30H,14,28H2/t22-/m0/s1. The molecule has 0 amide bonds. The van der Waals surface area contributed by atoms with Crippen LogP contribution in [-0.4, -0.2) is 13.5 Å². The molecule has 3 N–H and O–H groups in total. The van der Waals surface area contributed by atoms with Crippen molar-refractivity contribution in [3.05, 3.63) is 112 Å². The molecule has 0 spiro atoms. The predicted molar refractivity (Wildman–Crippen MR) is 124 cm³/mol. The summed E-state index contributed by atoms with van der Waals surface area (Å²) in [5.74, 6) is -1.80. The smallest absolute Gasteiger partial charge is 0.265 e. The molecule has 0 bridgehead atoms. The second kappa shape index (κ2) is 7.93. The summed E-state index contributed by atoms with van der Waals surface area (Å²) in [6.07, 6.45) is 0. The van der Waals surface area contributed by atoms with Crippen molar-refractivity contribution in [1.29, 1.82) is 5.26 Å². The van der Waals surface area contributed by atoms with Gasteiger partial charge in [-0.3, -0.25) is 4.31 Å². The van der Waals surface area contributed by atoms with Crippen LogP contribution in [0.15, 0.2) is 89.2 Å². The third-order valence-corrected chi connectivity index (χ3v) is 7.74. The van der Waals surface area contributed by atoms with Crippen LogP contribution in [0, 0.1) is 17.1 Å². The molecule has 0 unspecified atom stereocenters. The van der Waals surface area contributed by atoms with E-state index < -0.39 is 21.8 Å². The Morgan fingerprint density at radius 3 is 2.44 bits per heavy atom. The van der Waals surface area contributed by atoms with E-state index in [0.29, 0.717) is 16.8 Å². The lowest BCUT2D eigenvalue weighted by atomic mass is 9.88. The molecule has 2 aliphatic heterocycles. The van der Waals surface area contributed by atoms with E-state index in [4.69, 9.17) is 10.5 Å². The molecule has 3 aromatic carbocycles. The monoisotopic (exact) mass is 475 g/mol. The molecule has 0 saturated carbocycles. The number of sulfonamides is 1. The van der Waals surface area contributed by atoms with Crippen molar-refractivity contribution in [2.75, 3.05) is 4.31 Å². The van der Waals surface area contributed by atoms with E-state index in [2.05, 4.69) is 0 Å². The number of phenols is 1. The Morgan fingerprint density at radius 2 is 1.74 bits per heavy atom. The Balaban J connectivity index is 1.77. The largest absolute Gasteiger partial charge is 0.508 e. The molecule has 5 rings (SSSR count). The van der Waals surface area contributed by atoms with Gasteiger partial charge in [0.15, 0.2) is 5.76 Å². The van der Waals surface area contributed by atoms with Gasteiger partial charge in [-0.1, -0.05) is 42.5 Å². The molecule has 0 fully saturated rings. The number of fused-ring (bicyclic) bond motifs is 2. The second-order valence-electron chi connectivity index (χ2n) is 7.83. The number of nitrogens with two attached hydrogens (primary N) is 1. The quantitative estimate of drug-likeness (QED) is 0.590. The summed E-state index contributed by atoms with van der Waals surface area (Å²) >= 11 is 0. The molecule has 34 heavy (non-hydrogen) atoms. The van der Waals surface area contributed by atoms with Crippen LogP contribution in [0.1, 0.15) is 22.6 Å². The molecule has 2 aliphatic rings. The van der Waals surface area contributed by atoms with E-state index >= 15 is 0 Å². The fourth-order valence-corrected chi connectivity index (χ4v) is 6.16. The number of hydrogen-bond donors (Lipinski definition) is 2. The summed E-state index contributed by atoms with van der Waals surface area (Å²) < 4.78 is 49.5. The molecule has 1 atom stereocenters. The highest BCUT2D eigenvalue weighted by Gasteiger charge is 2.47. The summed E-state index contributed by atoms with van der Waals surface area (Å²) in [5.41, 5.74) is 7.38. The van der Waals surface area contributed by atoms with E-state index in [-0.39, 0.29) is 40.0 Å². The highest BCUT2D eigenvalue weighted by Crippen LogP contribution is 2.51. The Kier molecular flexibility index (Phi) is 5.03. The van der Waals surface area contributed by atoms with Crippen LogP contribution in [0.4, 0.5) is 10.1 Å².